The lowest BCUT2D eigenvalue weighted by Gasteiger charge is -2.43. The van der Waals surface area contributed by atoms with E-state index in [0.717, 1.165) is 0 Å². The number of carbonyl (C=O) groups excluding carboxylic acids is 1. The van der Waals surface area contributed by atoms with Crippen LogP contribution in [0.25, 0.3) is 10.9 Å². The van der Waals surface area contributed by atoms with Gasteiger partial charge in [0.15, 0.2) is 5.69 Å². The molecule has 3 aromatic rings. The monoisotopic (exact) mass is 397 g/mol. The number of aliphatic carboxylic acids is 1. The maximum atomic E-state index is 13.6. The third-order valence-electron chi connectivity index (χ3n) is 5.58. The summed E-state index contributed by atoms with van der Waals surface area (Å²) in [7, 11) is 0. The molecular formula is C21H20FN3O4. The van der Waals surface area contributed by atoms with Gasteiger partial charge in [0, 0.05) is 18.5 Å². The number of carboxylic acid groups (broad SMARTS) is 1. The fourth-order valence-corrected chi connectivity index (χ4v) is 4.00. The number of aliphatic hydroxyl groups is 1. The van der Waals surface area contributed by atoms with Gasteiger partial charge in [-0.25, -0.2) is 4.39 Å². The number of benzene rings is 2. The number of halogens is 1. The van der Waals surface area contributed by atoms with E-state index in [4.69, 9.17) is 0 Å². The lowest BCUT2D eigenvalue weighted by Crippen LogP contribution is -2.58. The molecule has 29 heavy (non-hydrogen) atoms. The summed E-state index contributed by atoms with van der Waals surface area (Å²) in [5.74, 6) is -2.11. The molecule has 1 amide bonds. The third kappa shape index (κ3) is 3.36. The highest BCUT2D eigenvalue weighted by Gasteiger charge is 2.50. The number of aromatic nitrogens is 2. The van der Waals surface area contributed by atoms with Crippen molar-refractivity contribution in [3.63, 3.8) is 0 Å². The van der Waals surface area contributed by atoms with Gasteiger partial charge >= 0.3 is 5.97 Å². The minimum Gasteiger partial charge on any atom is -0.481 e. The van der Waals surface area contributed by atoms with Crippen molar-refractivity contribution in [1.29, 1.82) is 0 Å². The first-order chi connectivity index (χ1) is 13.9. The second-order valence-electron chi connectivity index (χ2n) is 7.42. The molecule has 4 rings (SSSR count). The molecule has 0 aliphatic carbocycles. The number of hydrogen-bond acceptors (Lipinski definition) is 4. The van der Waals surface area contributed by atoms with E-state index in [9.17, 15) is 24.2 Å². The number of nitrogens with zero attached hydrogens (tertiary/aromatic N) is 2. The smallest absolute Gasteiger partial charge is 0.314 e. The zero-order valence-corrected chi connectivity index (χ0v) is 15.5. The molecular weight excluding hydrogens is 377 g/mol. The first kappa shape index (κ1) is 19.1. The molecule has 1 aromatic heterocycles. The van der Waals surface area contributed by atoms with Crippen LogP contribution in [0.2, 0.25) is 0 Å². The molecule has 8 heteroatoms. The molecule has 1 fully saturated rings. The number of carboxylic acids is 1. The molecule has 2 heterocycles. The van der Waals surface area contributed by atoms with Gasteiger partial charge < -0.3 is 15.1 Å². The summed E-state index contributed by atoms with van der Waals surface area (Å²) in [6.45, 7) is 0.0133. The number of aromatic amines is 1. The predicted molar refractivity (Wildman–Crippen MR) is 103 cm³/mol. The largest absolute Gasteiger partial charge is 0.481 e. The van der Waals surface area contributed by atoms with Crippen molar-refractivity contribution in [3.8, 4) is 0 Å². The Morgan fingerprint density at radius 3 is 2.79 bits per heavy atom. The number of amides is 1. The van der Waals surface area contributed by atoms with E-state index in [0.29, 0.717) is 16.5 Å². The number of hydrogen-bond donors (Lipinski definition) is 3. The van der Waals surface area contributed by atoms with E-state index in [-0.39, 0.29) is 31.6 Å². The molecule has 7 nitrogen and oxygen atoms in total. The summed E-state index contributed by atoms with van der Waals surface area (Å²) in [6, 6.07) is 12.8. The van der Waals surface area contributed by atoms with Gasteiger partial charge in [-0.05, 0) is 36.6 Å². The van der Waals surface area contributed by atoms with Crippen LogP contribution in [0.3, 0.4) is 0 Å². The summed E-state index contributed by atoms with van der Waals surface area (Å²) in [6.07, 6.45) is -1.15. The average molecular weight is 397 g/mol. The van der Waals surface area contributed by atoms with Crippen LogP contribution in [0.1, 0.15) is 22.5 Å². The van der Waals surface area contributed by atoms with E-state index >= 15 is 0 Å². The van der Waals surface area contributed by atoms with Gasteiger partial charge in [0.05, 0.1) is 11.6 Å². The van der Waals surface area contributed by atoms with E-state index in [1.807, 2.05) is 6.07 Å². The number of para-hydroxylation sites is 1. The first-order valence-corrected chi connectivity index (χ1v) is 9.29. The average Bonchev–Trinajstić information content (AvgIpc) is 3.13. The summed E-state index contributed by atoms with van der Waals surface area (Å²) in [5, 5.41) is 28.1. The minimum atomic E-state index is -1.63. The van der Waals surface area contributed by atoms with Crippen LogP contribution in [0.15, 0.2) is 48.5 Å². The van der Waals surface area contributed by atoms with E-state index < -0.39 is 29.2 Å². The molecule has 2 atom stereocenters. The Labute approximate surface area is 165 Å². The highest BCUT2D eigenvalue weighted by atomic mass is 19.1. The van der Waals surface area contributed by atoms with Crippen molar-refractivity contribution in [2.24, 2.45) is 5.41 Å². The Balaban J connectivity index is 1.66. The Kier molecular flexibility index (Phi) is 4.79. The Hall–Kier alpha value is -3.26. The second kappa shape index (κ2) is 7.29. The van der Waals surface area contributed by atoms with Gasteiger partial charge in [-0.15, -0.1) is 0 Å². The predicted octanol–water partition coefficient (Wildman–Crippen LogP) is 2.22. The topological polar surface area (TPSA) is 107 Å². The van der Waals surface area contributed by atoms with E-state index in [2.05, 4.69) is 10.2 Å². The summed E-state index contributed by atoms with van der Waals surface area (Å²) < 4.78 is 13.6. The van der Waals surface area contributed by atoms with Crippen molar-refractivity contribution in [1.82, 2.24) is 15.1 Å². The SMILES string of the molecule is O=C(c1n[nH]c2ccccc12)N1CC[C@H](O)[C@](Cc2cccc(F)c2)(C(=O)O)C1. The number of nitrogens with one attached hydrogen (secondary N) is 1. The lowest BCUT2D eigenvalue weighted by atomic mass is 9.72. The molecule has 0 radical (unpaired) electrons. The zero-order valence-electron chi connectivity index (χ0n) is 15.5. The van der Waals surface area contributed by atoms with E-state index in [1.165, 1.54) is 23.1 Å². The standard InChI is InChI=1S/C21H20FN3O4/c22-14-5-3-4-13(10-14)11-21(20(28)29)12-25(9-8-17(21)26)19(27)18-15-6-1-2-7-16(15)23-24-18/h1-7,10,17,26H,8-9,11-12H2,(H,23,24)(H,28,29)/t17-,21+/m0/s1. The molecule has 1 aliphatic heterocycles. The summed E-state index contributed by atoms with van der Waals surface area (Å²) in [4.78, 5) is 26.7. The van der Waals surface area contributed by atoms with Gasteiger partial charge in [-0.2, -0.15) is 5.10 Å². The first-order valence-electron chi connectivity index (χ1n) is 9.29. The molecule has 2 aromatic carbocycles. The van der Waals surface area contributed by atoms with Crippen molar-refractivity contribution < 1.29 is 24.2 Å². The van der Waals surface area contributed by atoms with Crippen LogP contribution in [-0.2, 0) is 11.2 Å². The van der Waals surface area contributed by atoms with Gasteiger partial charge in [0.25, 0.3) is 5.91 Å². The fraction of sp³-hybridized carbons (Fsp3) is 0.286. The van der Waals surface area contributed by atoms with Gasteiger partial charge in [0.2, 0.25) is 0 Å². The number of aliphatic hydroxyl groups excluding tert-OH is 1. The molecule has 0 saturated carbocycles. The lowest BCUT2D eigenvalue weighted by molar-refractivity contribution is -0.161. The normalized spacial score (nSPS) is 22.0. The summed E-state index contributed by atoms with van der Waals surface area (Å²) >= 11 is 0. The van der Waals surface area contributed by atoms with Crippen LogP contribution in [0.5, 0.6) is 0 Å². The molecule has 3 N–H and O–H groups in total. The maximum Gasteiger partial charge on any atom is 0.314 e. The van der Waals surface area contributed by atoms with Crippen molar-refractivity contribution in [2.75, 3.05) is 13.1 Å². The van der Waals surface area contributed by atoms with Crippen LogP contribution >= 0.6 is 0 Å². The number of piperidine rings is 1. The van der Waals surface area contributed by atoms with Crippen LogP contribution in [0.4, 0.5) is 4.39 Å². The highest BCUT2D eigenvalue weighted by molar-refractivity contribution is 6.04. The second-order valence-corrected chi connectivity index (χ2v) is 7.42. The van der Waals surface area contributed by atoms with Gasteiger partial charge in [0.1, 0.15) is 11.2 Å². The number of likely N-dealkylation sites (tertiary alicyclic amines) is 1. The number of rotatable bonds is 4. The molecule has 1 saturated heterocycles. The quantitative estimate of drug-likeness (QED) is 0.626. The molecule has 1 aliphatic rings. The zero-order chi connectivity index (χ0) is 20.6. The Morgan fingerprint density at radius 1 is 1.24 bits per heavy atom. The number of carbonyl (C=O) groups is 2. The molecule has 0 spiro atoms. The number of fused-ring (bicyclic) bond motifs is 1. The van der Waals surface area contributed by atoms with Crippen LogP contribution in [-0.4, -0.2) is 56.4 Å². The van der Waals surface area contributed by atoms with Crippen molar-refractivity contribution in [2.45, 2.75) is 18.9 Å². The Bertz CT molecular complexity index is 1080. The van der Waals surface area contributed by atoms with Crippen LogP contribution in [0, 0.1) is 11.2 Å². The van der Waals surface area contributed by atoms with Crippen molar-refractivity contribution in [3.05, 3.63) is 65.6 Å². The Morgan fingerprint density at radius 2 is 2.03 bits per heavy atom. The number of H-pyrrole nitrogens is 1. The third-order valence-corrected chi connectivity index (χ3v) is 5.58. The fourth-order valence-electron chi connectivity index (χ4n) is 4.00. The minimum absolute atomic E-state index is 0.0909. The van der Waals surface area contributed by atoms with Gasteiger partial charge in [-0.3, -0.25) is 14.7 Å². The summed E-state index contributed by atoms with van der Waals surface area (Å²) in [5.41, 5.74) is -0.265. The molecule has 0 unspecified atom stereocenters. The van der Waals surface area contributed by atoms with Gasteiger partial charge in [-0.1, -0.05) is 30.3 Å². The molecule has 150 valence electrons. The highest BCUT2D eigenvalue weighted by Crippen LogP contribution is 2.35. The molecule has 0 bridgehead atoms. The van der Waals surface area contributed by atoms with Crippen molar-refractivity contribution >= 4 is 22.8 Å². The maximum absolute atomic E-state index is 13.6. The van der Waals surface area contributed by atoms with E-state index in [1.54, 1.807) is 24.3 Å². The van der Waals surface area contributed by atoms with Crippen LogP contribution < -0.4 is 0 Å².